The second kappa shape index (κ2) is 5.79. The molecule has 1 atom stereocenters. The van der Waals surface area contributed by atoms with Crippen molar-refractivity contribution in [2.75, 3.05) is 31.6 Å². The standard InChI is InChI=1S/C12H17N3O3/c1-9-2-3-11(12(6-9)15(16)17)14-7-10-8-18-5-4-13-10/h2-3,6,10,13-14H,4-5,7-8H2,1H3. The summed E-state index contributed by atoms with van der Waals surface area (Å²) in [5.74, 6) is 0. The molecule has 98 valence electrons. The third-order valence-corrected chi connectivity index (χ3v) is 2.89. The molecule has 0 aromatic heterocycles. The van der Waals surface area contributed by atoms with Crippen LogP contribution in [0.1, 0.15) is 5.56 Å². The zero-order valence-corrected chi connectivity index (χ0v) is 10.3. The van der Waals surface area contributed by atoms with Gasteiger partial charge in [-0.05, 0) is 18.6 Å². The molecule has 6 nitrogen and oxygen atoms in total. The van der Waals surface area contributed by atoms with Crippen molar-refractivity contribution in [3.63, 3.8) is 0 Å². The summed E-state index contributed by atoms with van der Waals surface area (Å²) >= 11 is 0. The number of rotatable bonds is 4. The van der Waals surface area contributed by atoms with E-state index in [1.807, 2.05) is 13.0 Å². The van der Waals surface area contributed by atoms with Crippen LogP contribution >= 0.6 is 0 Å². The Kier molecular flexibility index (Phi) is 4.11. The topological polar surface area (TPSA) is 76.4 Å². The van der Waals surface area contributed by atoms with Crippen LogP contribution in [0.25, 0.3) is 0 Å². The molecule has 6 heteroatoms. The predicted octanol–water partition coefficient (Wildman–Crippen LogP) is 1.30. The van der Waals surface area contributed by atoms with E-state index in [1.165, 1.54) is 0 Å². The minimum atomic E-state index is -0.361. The Morgan fingerprint density at radius 1 is 1.61 bits per heavy atom. The molecule has 1 aromatic carbocycles. The quantitative estimate of drug-likeness (QED) is 0.623. The van der Waals surface area contributed by atoms with E-state index in [0.29, 0.717) is 18.8 Å². The number of ether oxygens (including phenoxy) is 1. The fourth-order valence-corrected chi connectivity index (χ4v) is 1.93. The molecule has 1 heterocycles. The van der Waals surface area contributed by atoms with Crippen molar-refractivity contribution in [2.45, 2.75) is 13.0 Å². The molecule has 18 heavy (non-hydrogen) atoms. The van der Waals surface area contributed by atoms with Crippen molar-refractivity contribution >= 4 is 11.4 Å². The summed E-state index contributed by atoms with van der Waals surface area (Å²) in [6.07, 6.45) is 0. The van der Waals surface area contributed by atoms with Gasteiger partial charge in [0.15, 0.2) is 0 Å². The van der Waals surface area contributed by atoms with Crippen molar-refractivity contribution in [1.29, 1.82) is 0 Å². The number of morpholine rings is 1. The first-order valence-electron chi connectivity index (χ1n) is 5.97. The maximum Gasteiger partial charge on any atom is 0.292 e. The SMILES string of the molecule is Cc1ccc(NCC2COCCN2)c([N+](=O)[O-])c1. The maximum atomic E-state index is 11.0. The average Bonchev–Trinajstić information content (AvgIpc) is 2.38. The Morgan fingerprint density at radius 2 is 2.44 bits per heavy atom. The minimum absolute atomic E-state index is 0.117. The minimum Gasteiger partial charge on any atom is -0.378 e. The van der Waals surface area contributed by atoms with Gasteiger partial charge in [-0.25, -0.2) is 0 Å². The second-order valence-corrected chi connectivity index (χ2v) is 4.38. The Labute approximate surface area is 105 Å². The lowest BCUT2D eigenvalue weighted by Crippen LogP contribution is -2.45. The normalized spacial score (nSPS) is 19.5. The average molecular weight is 251 g/mol. The predicted molar refractivity (Wildman–Crippen MR) is 68.9 cm³/mol. The molecule has 0 spiro atoms. The zero-order valence-electron chi connectivity index (χ0n) is 10.3. The Balaban J connectivity index is 2.01. The van der Waals surface area contributed by atoms with Crippen LogP contribution in [0, 0.1) is 17.0 Å². The van der Waals surface area contributed by atoms with Crippen LogP contribution < -0.4 is 10.6 Å². The van der Waals surface area contributed by atoms with Crippen molar-refractivity contribution in [2.24, 2.45) is 0 Å². The molecule has 1 aliphatic heterocycles. The highest BCUT2D eigenvalue weighted by molar-refractivity contribution is 5.62. The molecule has 1 saturated heterocycles. The number of nitrogens with zero attached hydrogens (tertiary/aromatic N) is 1. The Morgan fingerprint density at radius 3 is 3.11 bits per heavy atom. The molecule has 1 unspecified atom stereocenters. The Bertz CT molecular complexity index is 431. The number of nitro groups is 1. The summed E-state index contributed by atoms with van der Waals surface area (Å²) in [5.41, 5.74) is 1.55. The van der Waals surface area contributed by atoms with Crippen LogP contribution in [0.15, 0.2) is 18.2 Å². The van der Waals surface area contributed by atoms with E-state index < -0.39 is 0 Å². The van der Waals surface area contributed by atoms with E-state index >= 15 is 0 Å². The Hall–Kier alpha value is -1.66. The van der Waals surface area contributed by atoms with Gasteiger partial charge in [0.1, 0.15) is 5.69 Å². The molecular weight excluding hydrogens is 234 g/mol. The molecule has 2 rings (SSSR count). The molecule has 1 aromatic rings. The fourth-order valence-electron chi connectivity index (χ4n) is 1.93. The summed E-state index contributed by atoms with van der Waals surface area (Å²) in [4.78, 5) is 10.6. The van der Waals surface area contributed by atoms with Gasteiger partial charge < -0.3 is 15.4 Å². The first-order chi connectivity index (χ1) is 8.66. The zero-order chi connectivity index (χ0) is 13.0. The van der Waals surface area contributed by atoms with Crippen molar-refractivity contribution in [1.82, 2.24) is 5.32 Å². The highest BCUT2D eigenvalue weighted by Gasteiger charge is 2.16. The van der Waals surface area contributed by atoms with E-state index in [4.69, 9.17) is 4.74 Å². The number of hydrogen-bond acceptors (Lipinski definition) is 5. The largest absolute Gasteiger partial charge is 0.378 e. The van der Waals surface area contributed by atoms with Crippen LogP contribution in [-0.4, -0.2) is 37.3 Å². The highest BCUT2D eigenvalue weighted by atomic mass is 16.6. The van der Waals surface area contributed by atoms with Crippen LogP contribution in [0.2, 0.25) is 0 Å². The number of anilines is 1. The van der Waals surface area contributed by atoms with Crippen LogP contribution in [0.3, 0.4) is 0 Å². The maximum absolute atomic E-state index is 11.0. The highest BCUT2D eigenvalue weighted by Crippen LogP contribution is 2.25. The molecule has 0 aliphatic carbocycles. The third kappa shape index (κ3) is 3.18. The van der Waals surface area contributed by atoms with Gasteiger partial charge in [-0.1, -0.05) is 6.07 Å². The van der Waals surface area contributed by atoms with Crippen LogP contribution in [0.5, 0.6) is 0 Å². The molecule has 1 aliphatic rings. The lowest BCUT2D eigenvalue weighted by atomic mass is 10.2. The van der Waals surface area contributed by atoms with Gasteiger partial charge in [-0.2, -0.15) is 0 Å². The molecule has 0 amide bonds. The summed E-state index contributed by atoms with van der Waals surface area (Å²) in [6.45, 7) is 4.63. The van der Waals surface area contributed by atoms with Gasteiger partial charge in [0.25, 0.3) is 5.69 Å². The van der Waals surface area contributed by atoms with Gasteiger partial charge in [0.05, 0.1) is 18.1 Å². The lowest BCUT2D eigenvalue weighted by molar-refractivity contribution is -0.384. The van der Waals surface area contributed by atoms with Crippen molar-refractivity contribution in [3.05, 3.63) is 33.9 Å². The van der Waals surface area contributed by atoms with Gasteiger partial charge in [-0.3, -0.25) is 10.1 Å². The third-order valence-electron chi connectivity index (χ3n) is 2.89. The fraction of sp³-hybridized carbons (Fsp3) is 0.500. The van der Waals surface area contributed by atoms with E-state index in [2.05, 4.69) is 10.6 Å². The van der Waals surface area contributed by atoms with Gasteiger partial charge in [-0.15, -0.1) is 0 Å². The van der Waals surface area contributed by atoms with Crippen molar-refractivity contribution < 1.29 is 9.66 Å². The van der Waals surface area contributed by atoms with Crippen LogP contribution in [0.4, 0.5) is 11.4 Å². The number of benzene rings is 1. The molecule has 0 saturated carbocycles. The number of aryl methyl sites for hydroxylation is 1. The van der Waals surface area contributed by atoms with E-state index in [-0.39, 0.29) is 16.7 Å². The summed E-state index contributed by atoms with van der Waals surface area (Å²) in [7, 11) is 0. The molecule has 0 bridgehead atoms. The first-order valence-corrected chi connectivity index (χ1v) is 5.97. The first kappa shape index (κ1) is 12.8. The molecule has 0 radical (unpaired) electrons. The van der Waals surface area contributed by atoms with Gasteiger partial charge in [0.2, 0.25) is 0 Å². The van der Waals surface area contributed by atoms with Crippen molar-refractivity contribution in [3.8, 4) is 0 Å². The van der Waals surface area contributed by atoms with E-state index in [9.17, 15) is 10.1 Å². The van der Waals surface area contributed by atoms with E-state index in [0.717, 1.165) is 18.7 Å². The number of nitrogens with one attached hydrogen (secondary N) is 2. The van der Waals surface area contributed by atoms with Gasteiger partial charge in [0, 0.05) is 25.2 Å². The lowest BCUT2D eigenvalue weighted by Gasteiger charge is -2.24. The second-order valence-electron chi connectivity index (χ2n) is 4.38. The van der Waals surface area contributed by atoms with Gasteiger partial charge >= 0.3 is 0 Å². The monoisotopic (exact) mass is 251 g/mol. The van der Waals surface area contributed by atoms with Crippen LogP contribution in [-0.2, 0) is 4.74 Å². The molecule has 2 N–H and O–H groups in total. The summed E-state index contributed by atoms with van der Waals surface area (Å²) < 4.78 is 5.33. The summed E-state index contributed by atoms with van der Waals surface area (Å²) in [5, 5.41) is 17.3. The number of hydrogen-bond donors (Lipinski definition) is 2. The number of nitro benzene ring substituents is 1. The summed E-state index contributed by atoms with van der Waals surface area (Å²) in [6, 6.07) is 5.38. The molecule has 1 fully saturated rings. The molecular formula is C12H17N3O3. The van der Waals surface area contributed by atoms with E-state index in [1.54, 1.807) is 12.1 Å². The smallest absolute Gasteiger partial charge is 0.292 e.